The molecule has 1 atom stereocenters. The van der Waals surface area contributed by atoms with Gasteiger partial charge in [-0.1, -0.05) is 20.8 Å². The zero-order valence-electron chi connectivity index (χ0n) is 15.4. The van der Waals surface area contributed by atoms with E-state index < -0.39 is 0 Å². The molecule has 1 fully saturated rings. The molecule has 0 aliphatic carbocycles. The fraction of sp³-hybridized carbons (Fsp3) is 0.941. The number of aliphatic imine (C=N–C) groups is 1. The first-order chi connectivity index (χ1) is 10.6. The summed E-state index contributed by atoms with van der Waals surface area (Å²) in [5, 5.41) is 6.74. The molecule has 0 bridgehead atoms. The Balaban J connectivity index is 0.00000484. The molecule has 0 amide bonds. The average molecular weight is 440 g/mol. The van der Waals surface area contributed by atoms with Gasteiger partial charge in [0.2, 0.25) is 0 Å². The molecule has 1 unspecified atom stereocenters. The zero-order chi connectivity index (χ0) is 16.2. The highest BCUT2D eigenvalue weighted by Crippen LogP contribution is 2.14. The van der Waals surface area contributed by atoms with Crippen LogP contribution in [-0.4, -0.2) is 63.8 Å². The molecule has 0 radical (unpaired) electrons. The molecule has 1 rings (SSSR count). The van der Waals surface area contributed by atoms with Crippen molar-refractivity contribution in [1.82, 2.24) is 15.5 Å². The predicted molar refractivity (Wildman–Crippen MR) is 110 cm³/mol. The molecule has 6 heteroatoms. The lowest BCUT2D eigenvalue weighted by atomic mass is 10.0. The van der Waals surface area contributed by atoms with Crippen molar-refractivity contribution in [3.8, 4) is 0 Å². The maximum Gasteiger partial charge on any atom is 0.191 e. The zero-order valence-corrected chi connectivity index (χ0v) is 17.8. The monoisotopic (exact) mass is 440 g/mol. The van der Waals surface area contributed by atoms with Crippen molar-refractivity contribution >= 4 is 29.9 Å². The molecule has 0 aromatic carbocycles. The Bertz CT molecular complexity index is 313. The summed E-state index contributed by atoms with van der Waals surface area (Å²) >= 11 is 0. The number of guanidine groups is 1. The second-order valence-corrected chi connectivity index (χ2v) is 6.80. The minimum absolute atomic E-state index is 0. The van der Waals surface area contributed by atoms with Gasteiger partial charge < -0.3 is 20.3 Å². The van der Waals surface area contributed by atoms with Crippen molar-refractivity contribution in [3.63, 3.8) is 0 Å². The second-order valence-electron chi connectivity index (χ2n) is 6.80. The summed E-state index contributed by atoms with van der Waals surface area (Å²) in [5.41, 5.74) is 0. The van der Waals surface area contributed by atoms with E-state index in [1.165, 1.54) is 25.9 Å². The molecular formula is C17H37IN4O. The van der Waals surface area contributed by atoms with Crippen LogP contribution in [0.4, 0.5) is 0 Å². The second kappa shape index (κ2) is 14.3. The van der Waals surface area contributed by atoms with Crippen LogP contribution >= 0.6 is 24.0 Å². The molecule has 1 aliphatic heterocycles. The summed E-state index contributed by atoms with van der Waals surface area (Å²) in [6.07, 6.45) is 3.73. The largest absolute Gasteiger partial charge is 0.381 e. The quantitative estimate of drug-likeness (QED) is 0.251. The van der Waals surface area contributed by atoms with Gasteiger partial charge in [0, 0.05) is 46.4 Å². The molecule has 0 aromatic heterocycles. The van der Waals surface area contributed by atoms with E-state index in [1.54, 1.807) is 0 Å². The molecule has 0 spiro atoms. The van der Waals surface area contributed by atoms with Crippen LogP contribution in [-0.2, 0) is 4.74 Å². The molecule has 1 heterocycles. The minimum atomic E-state index is 0. The van der Waals surface area contributed by atoms with E-state index in [1.807, 2.05) is 7.05 Å². The third-order valence-corrected chi connectivity index (χ3v) is 3.89. The number of ether oxygens (including phenoxy) is 1. The molecule has 1 aliphatic rings. The number of rotatable bonds is 9. The highest BCUT2D eigenvalue weighted by Gasteiger charge is 2.15. The van der Waals surface area contributed by atoms with Crippen LogP contribution in [0.5, 0.6) is 0 Å². The van der Waals surface area contributed by atoms with Crippen LogP contribution in [0.2, 0.25) is 0 Å². The first kappa shape index (κ1) is 22.9. The van der Waals surface area contributed by atoms with Crippen molar-refractivity contribution in [2.24, 2.45) is 16.8 Å². The van der Waals surface area contributed by atoms with Crippen LogP contribution in [0.25, 0.3) is 0 Å². The minimum Gasteiger partial charge on any atom is -0.381 e. The molecule has 0 aromatic rings. The van der Waals surface area contributed by atoms with Crippen molar-refractivity contribution in [2.75, 3.05) is 53.0 Å². The topological polar surface area (TPSA) is 48.9 Å². The van der Waals surface area contributed by atoms with E-state index in [-0.39, 0.29) is 24.0 Å². The van der Waals surface area contributed by atoms with Gasteiger partial charge in [0.25, 0.3) is 0 Å². The SMILES string of the molecule is CN=C(NCCCOCC(C)C)NCCN1CCCC(C)C1.I. The summed E-state index contributed by atoms with van der Waals surface area (Å²) in [7, 11) is 1.83. The number of nitrogens with one attached hydrogen (secondary N) is 2. The van der Waals surface area contributed by atoms with Crippen LogP contribution in [0.3, 0.4) is 0 Å². The lowest BCUT2D eigenvalue weighted by Gasteiger charge is -2.30. The lowest BCUT2D eigenvalue weighted by Crippen LogP contribution is -2.44. The third-order valence-electron chi connectivity index (χ3n) is 3.89. The summed E-state index contributed by atoms with van der Waals surface area (Å²) < 4.78 is 5.57. The first-order valence-corrected chi connectivity index (χ1v) is 8.86. The van der Waals surface area contributed by atoms with Crippen molar-refractivity contribution in [1.29, 1.82) is 0 Å². The third kappa shape index (κ3) is 12.0. The maximum absolute atomic E-state index is 5.57. The molecule has 2 N–H and O–H groups in total. The highest BCUT2D eigenvalue weighted by atomic mass is 127. The molecule has 0 saturated carbocycles. The van der Waals surface area contributed by atoms with Crippen LogP contribution < -0.4 is 10.6 Å². The molecule has 5 nitrogen and oxygen atoms in total. The number of piperidine rings is 1. The number of hydrogen-bond acceptors (Lipinski definition) is 3. The van der Waals surface area contributed by atoms with E-state index >= 15 is 0 Å². The van der Waals surface area contributed by atoms with E-state index in [4.69, 9.17) is 4.74 Å². The van der Waals surface area contributed by atoms with Gasteiger partial charge >= 0.3 is 0 Å². The van der Waals surface area contributed by atoms with Gasteiger partial charge in [-0.3, -0.25) is 4.99 Å². The Kier molecular flexibility index (Phi) is 14.2. The summed E-state index contributed by atoms with van der Waals surface area (Å²) in [4.78, 5) is 6.82. The molecule has 1 saturated heterocycles. The Hall–Kier alpha value is -0.0800. The Morgan fingerprint density at radius 2 is 2.04 bits per heavy atom. The van der Waals surface area contributed by atoms with Gasteiger partial charge in [0.15, 0.2) is 5.96 Å². The Labute approximate surface area is 160 Å². The number of likely N-dealkylation sites (tertiary alicyclic amines) is 1. The molecular weight excluding hydrogens is 403 g/mol. The highest BCUT2D eigenvalue weighted by molar-refractivity contribution is 14.0. The molecule has 138 valence electrons. The van der Waals surface area contributed by atoms with E-state index in [0.29, 0.717) is 5.92 Å². The number of halogens is 1. The van der Waals surface area contributed by atoms with Crippen molar-refractivity contribution in [2.45, 2.75) is 40.0 Å². The van der Waals surface area contributed by atoms with E-state index in [0.717, 1.165) is 51.1 Å². The summed E-state index contributed by atoms with van der Waals surface area (Å²) in [5.74, 6) is 2.35. The average Bonchev–Trinajstić information content (AvgIpc) is 2.48. The van der Waals surface area contributed by atoms with Crippen LogP contribution in [0.1, 0.15) is 40.0 Å². The van der Waals surface area contributed by atoms with Gasteiger partial charge in [-0.2, -0.15) is 0 Å². The first-order valence-electron chi connectivity index (χ1n) is 8.86. The van der Waals surface area contributed by atoms with Crippen molar-refractivity contribution < 1.29 is 4.74 Å². The fourth-order valence-corrected chi connectivity index (χ4v) is 2.74. The standard InChI is InChI=1S/C17H36N4O.HI/c1-15(2)14-22-12-6-8-19-17(18-4)20-9-11-21-10-5-7-16(3)13-21;/h15-16H,5-14H2,1-4H3,(H2,18,19,20);1H. The van der Waals surface area contributed by atoms with Crippen molar-refractivity contribution in [3.05, 3.63) is 0 Å². The van der Waals surface area contributed by atoms with Gasteiger partial charge in [0.1, 0.15) is 0 Å². The summed E-state index contributed by atoms with van der Waals surface area (Å²) in [6, 6.07) is 0. The van der Waals surface area contributed by atoms with E-state index in [9.17, 15) is 0 Å². The van der Waals surface area contributed by atoms with Gasteiger partial charge in [-0.15, -0.1) is 24.0 Å². The van der Waals surface area contributed by atoms with Crippen LogP contribution in [0, 0.1) is 11.8 Å². The Morgan fingerprint density at radius 1 is 1.30 bits per heavy atom. The predicted octanol–water partition coefficient (Wildman–Crippen LogP) is 2.56. The van der Waals surface area contributed by atoms with Gasteiger partial charge in [0.05, 0.1) is 0 Å². The van der Waals surface area contributed by atoms with E-state index in [2.05, 4.69) is 41.3 Å². The Morgan fingerprint density at radius 3 is 2.70 bits per heavy atom. The smallest absolute Gasteiger partial charge is 0.191 e. The number of hydrogen-bond donors (Lipinski definition) is 2. The molecule has 23 heavy (non-hydrogen) atoms. The van der Waals surface area contributed by atoms with Gasteiger partial charge in [-0.25, -0.2) is 0 Å². The normalized spacial score (nSPS) is 19.5. The lowest BCUT2D eigenvalue weighted by molar-refractivity contribution is 0.108. The summed E-state index contributed by atoms with van der Waals surface area (Å²) in [6.45, 7) is 13.8. The number of nitrogens with zero attached hydrogens (tertiary/aromatic N) is 2. The maximum atomic E-state index is 5.57. The van der Waals surface area contributed by atoms with Gasteiger partial charge in [-0.05, 0) is 37.6 Å². The van der Waals surface area contributed by atoms with Crippen LogP contribution in [0.15, 0.2) is 4.99 Å². The fourth-order valence-electron chi connectivity index (χ4n) is 2.74.